The number of esters is 2. The molecule has 0 aliphatic heterocycles. The van der Waals surface area contributed by atoms with Crippen LogP contribution in [0, 0.1) is 0 Å². The lowest BCUT2D eigenvalue weighted by Crippen LogP contribution is -2.17. The maximum atomic E-state index is 12.8. The number of amides is 1. The van der Waals surface area contributed by atoms with Crippen LogP contribution in [0.5, 0.6) is 5.75 Å². The number of aryl methyl sites for hydroxylation is 1. The van der Waals surface area contributed by atoms with Gasteiger partial charge in [0, 0.05) is 5.56 Å². The lowest BCUT2D eigenvalue weighted by molar-refractivity contribution is -0.143. The third kappa shape index (κ3) is 8.73. The van der Waals surface area contributed by atoms with Gasteiger partial charge in [0.1, 0.15) is 0 Å². The van der Waals surface area contributed by atoms with Crippen LogP contribution in [-0.4, -0.2) is 31.1 Å². The molecular weight excluding hydrogens is 434 g/mol. The molecule has 7 nitrogen and oxygen atoms in total. The van der Waals surface area contributed by atoms with Crippen molar-refractivity contribution in [3.63, 3.8) is 0 Å². The number of unbranched alkanes of at least 4 members (excludes halogenated alkanes) is 3. The van der Waals surface area contributed by atoms with Crippen molar-refractivity contribution in [3.8, 4) is 5.75 Å². The summed E-state index contributed by atoms with van der Waals surface area (Å²) in [5.74, 6) is -2.02. The quantitative estimate of drug-likeness (QED) is 0.182. The average molecular weight is 468 g/mol. The van der Waals surface area contributed by atoms with E-state index >= 15 is 0 Å². The zero-order valence-electron chi connectivity index (χ0n) is 20.1. The van der Waals surface area contributed by atoms with Gasteiger partial charge in [0.2, 0.25) is 5.76 Å². The molecule has 0 bridgehead atoms. The lowest BCUT2D eigenvalue weighted by Gasteiger charge is -2.14. The zero-order valence-corrected chi connectivity index (χ0v) is 20.1. The molecule has 0 spiro atoms. The van der Waals surface area contributed by atoms with Crippen molar-refractivity contribution < 1.29 is 28.6 Å². The van der Waals surface area contributed by atoms with Gasteiger partial charge in [0.05, 0.1) is 25.0 Å². The third-order valence-electron chi connectivity index (χ3n) is 4.90. The first kappa shape index (κ1) is 26.6. The van der Waals surface area contributed by atoms with Crippen molar-refractivity contribution in [3.05, 3.63) is 71.5 Å². The molecule has 0 heterocycles. The van der Waals surface area contributed by atoms with E-state index in [1.165, 1.54) is 24.8 Å². The first-order valence-corrected chi connectivity index (χ1v) is 11.7. The number of rotatable bonds is 13. The summed E-state index contributed by atoms with van der Waals surface area (Å²) in [7, 11) is 0. The van der Waals surface area contributed by atoms with Gasteiger partial charge in [-0.05, 0) is 56.5 Å². The summed E-state index contributed by atoms with van der Waals surface area (Å²) in [6, 6.07) is 14.1. The Morgan fingerprint density at radius 1 is 0.853 bits per heavy atom. The highest BCUT2D eigenvalue weighted by Crippen LogP contribution is 2.27. The fraction of sp³-hybridized carbons (Fsp3) is 0.370. The molecule has 0 unspecified atom stereocenters. The molecule has 0 radical (unpaired) electrons. The summed E-state index contributed by atoms with van der Waals surface area (Å²) >= 11 is 0. The van der Waals surface area contributed by atoms with E-state index in [-0.39, 0.29) is 30.6 Å². The normalized spacial score (nSPS) is 11.0. The molecular formula is C27H33NO6. The predicted molar refractivity (Wildman–Crippen MR) is 131 cm³/mol. The van der Waals surface area contributed by atoms with Crippen LogP contribution in [0.1, 0.15) is 62.4 Å². The number of para-hydroxylation sites is 2. The van der Waals surface area contributed by atoms with Crippen molar-refractivity contribution in [1.82, 2.24) is 0 Å². The van der Waals surface area contributed by atoms with Crippen LogP contribution in [0.4, 0.5) is 5.69 Å². The van der Waals surface area contributed by atoms with E-state index < -0.39 is 11.9 Å². The van der Waals surface area contributed by atoms with E-state index in [1.807, 2.05) is 12.1 Å². The van der Waals surface area contributed by atoms with Crippen LogP contribution in [0.15, 0.2) is 60.4 Å². The van der Waals surface area contributed by atoms with Crippen LogP contribution in [0.3, 0.4) is 0 Å². The number of hydrogen-bond donors (Lipinski definition) is 1. The van der Waals surface area contributed by atoms with Gasteiger partial charge in [0.25, 0.3) is 5.91 Å². The Morgan fingerprint density at radius 3 is 2.24 bits per heavy atom. The minimum Gasteiger partial charge on any atom is -0.463 e. The average Bonchev–Trinajstić information content (AvgIpc) is 2.83. The van der Waals surface area contributed by atoms with Crippen molar-refractivity contribution in [2.75, 3.05) is 18.5 Å². The summed E-state index contributed by atoms with van der Waals surface area (Å²) in [6.07, 6.45) is 6.68. The third-order valence-corrected chi connectivity index (χ3v) is 4.90. The molecule has 2 aromatic carbocycles. The first-order chi connectivity index (χ1) is 16.5. The Morgan fingerprint density at radius 2 is 1.56 bits per heavy atom. The van der Waals surface area contributed by atoms with Gasteiger partial charge in [-0.2, -0.15) is 0 Å². The number of hydrogen-bond acceptors (Lipinski definition) is 6. The molecule has 7 heteroatoms. The molecule has 0 aliphatic carbocycles. The summed E-state index contributed by atoms with van der Waals surface area (Å²) in [4.78, 5) is 37.0. The minimum absolute atomic E-state index is 0.106. The Labute approximate surface area is 201 Å². The molecule has 1 N–H and O–H groups in total. The van der Waals surface area contributed by atoms with E-state index in [9.17, 15) is 14.4 Å². The van der Waals surface area contributed by atoms with Crippen LogP contribution in [-0.2, 0) is 25.5 Å². The second-order valence-electron chi connectivity index (χ2n) is 7.54. The molecule has 1 amide bonds. The molecule has 0 fully saturated rings. The van der Waals surface area contributed by atoms with Crippen molar-refractivity contribution in [2.45, 2.75) is 52.9 Å². The van der Waals surface area contributed by atoms with Gasteiger partial charge < -0.3 is 19.5 Å². The zero-order chi connectivity index (χ0) is 24.8. The Balaban J connectivity index is 2.13. The molecule has 0 saturated heterocycles. The number of nitrogens with one attached hydrogen (secondary N) is 1. The largest absolute Gasteiger partial charge is 0.463 e. The first-order valence-electron chi connectivity index (χ1n) is 11.7. The summed E-state index contributed by atoms with van der Waals surface area (Å²) in [5, 5.41) is 2.80. The number of anilines is 1. The van der Waals surface area contributed by atoms with Crippen LogP contribution in [0.2, 0.25) is 0 Å². The maximum Gasteiger partial charge on any atom is 0.374 e. The lowest BCUT2D eigenvalue weighted by atomic mass is 10.0. The van der Waals surface area contributed by atoms with E-state index in [0.29, 0.717) is 11.3 Å². The summed E-state index contributed by atoms with van der Waals surface area (Å²) in [6.45, 7) is 5.74. The van der Waals surface area contributed by atoms with Crippen molar-refractivity contribution in [2.24, 2.45) is 0 Å². The highest BCUT2D eigenvalue weighted by Gasteiger charge is 2.19. The minimum atomic E-state index is -0.814. The molecule has 2 rings (SSSR count). The molecule has 2 aromatic rings. The van der Waals surface area contributed by atoms with E-state index in [1.54, 1.807) is 50.2 Å². The molecule has 34 heavy (non-hydrogen) atoms. The van der Waals surface area contributed by atoms with Crippen LogP contribution in [0.25, 0.3) is 0 Å². The van der Waals surface area contributed by atoms with Crippen molar-refractivity contribution >= 4 is 23.5 Å². The molecule has 0 aromatic heterocycles. The Bertz CT molecular complexity index is 981. The molecule has 182 valence electrons. The monoisotopic (exact) mass is 467 g/mol. The van der Waals surface area contributed by atoms with Crippen LogP contribution < -0.4 is 10.1 Å². The molecule has 0 aliphatic rings. The molecule has 0 saturated carbocycles. The Hall–Kier alpha value is -3.61. The highest BCUT2D eigenvalue weighted by atomic mass is 16.6. The standard InChI is InChI=1S/C27H33NO6/c1-4-7-8-9-12-20-15-17-21(18-16-20)26(30)28-22-13-10-11-14-23(22)34-24(27(31)33-6-3)19-25(29)32-5-2/h10-11,13-19H,4-9,12H2,1-3H3,(H,28,30)/b24-19+. The SMILES string of the molecule is CCCCCCc1ccc(C(=O)Nc2ccccc2O/C(=C/C(=O)OCC)C(=O)OCC)cc1. The van der Waals surface area contributed by atoms with E-state index in [0.717, 1.165) is 18.9 Å². The van der Waals surface area contributed by atoms with Gasteiger partial charge in [0.15, 0.2) is 5.75 Å². The maximum absolute atomic E-state index is 12.8. The topological polar surface area (TPSA) is 90.9 Å². The second kappa shape index (κ2) is 14.5. The number of ether oxygens (including phenoxy) is 3. The summed E-state index contributed by atoms with van der Waals surface area (Å²) in [5.41, 5.74) is 2.04. The van der Waals surface area contributed by atoms with Crippen LogP contribution >= 0.6 is 0 Å². The predicted octanol–water partition coefficient (Wildman–Crippen LogP) is 5.45. The van der Waals surface area contributed by atoms with Gasteiger partial charge >= 0.3 is 11.9 Å². The number of carbonyl (C=O) groups excluding carboxylic acids is 3. The van der Waals surface area contributed by atoms with E-state index in [2.05, 4.69) is 12.2 Å². The van der Waals surface area contributed by atoms with Gasteiger partial charge in [-0.1, -0.05) is 50.5 Å². The fourth-order valence-electron chi connectivity index (χ4n) is 3.17. The highest BCUT2D eigenvalue weighted by molar-refractivity contribution is 6.05. The fourth-order valence-corrected chi connectivity index (χ4v) is 3.17. The second-order valence-corrected chi connectivity index (χ2v) is 7.54. The number of carbonyl (C=O) groups is 3. The van der Waals surface area contributed by atoms with Crippen molar-refractivity contribution in [1.29, 1.82) is 0 Å². The van der Waals surface area contributed by atoms with E-state index in [4.69, 9.17) is 14.2 Å². The smallest absolute Gasteiger partial charge is 0.374 e. The van der Waals surface area contributed by atoms with Gasteiger partial charge in [-0.3, -0.25) is 4.79 Å². The Kier molecular flexibility index (Phi) is 11.4. The van der Waals surface area contributed by atoms with Gasteiger partial charge in [-0.15, -0.1) is 0 Å². The summed E-state index contributed by atoms with van der Waals surface area (Å²) < 4.78 is 15.5. The molecule has 0 atom stereocenters. The number of benzene rings is 2. The van der Waals surface area contributed by atoms with Gasteiger partial charge in [-0.25, -0.2) is 9.59 Å².